The number of nitrogens with two attached hydrogens (primary N) is 1. The Hall–Kier alpha value is -0.370. The Bertz CT molecular complexity index is 502. The van der Waals surface area contributed by atoms with Crippen molar-refractivity contribution in [3.63, 3.8) is 0 Å². The molecule has 23 heavy (non-hydrogen) atoms. The quantitative estimate of drug-likeness (QED) is 0.770. The van der Waals surface area contributed by atoms with E-state index in [1.807, 2.05) is 6.92 Å². The predicted octanol–water partition coefficient (Wildman–Crippen LogP) is 4.56. The highest BCUT2D eigenvalue weighted by atomic mass is 16.1. The molecule has 0 spiro atoms. The van der Waals surface area contributed by atoms with Gasteiger partial charge in [-0.25, -0.2) is 0 Å². The molecule has 2 N–H and O–H groups in total. The van der Waals surface area contributed by atoms with Crippen LogP contribution in [0, 0.1) is 40.4 Å². The summed E-state index contributed by atoms with van der Waals surface area (Å²) in [6, 6.07) is 0.451. The van der Waals surface area contributed by atoms with Gasteiger partial charge in [0.05, 0.1) is 0 Å². The van der Waals surface area contributed by atoms with Gasteiger partial charge in [0.15, 0.2) is 0 Å². The molecule has 0 amide bonds. The molecule has 0 aromatic rings. The highest BCUT2D eigenvalue weighted by Gasteiger charge is 2.60. The van der Waals surface area contributed by atoms with Crippen molar-refractivity contribution in [2.75, 3.05) is 0 Å². The summed E-state index contributed by atoms with van der Waals surface area (Å²) in [6.45, 7) is 6.89. The predicted molar refractivity (Wildman–Crippen MR) is 93.9 cm³/mol. The van der Waals surface area contributed by atoms with Gasteiger partial charge in [-0.15, -0.1) is 0 Å². The van der Waals surface area contributed by atoms with Gasteiger partial charge in [-0.2, -0.15) is 0 Å². The number of rotatable bonds is 1. The molecule has 8 atom stereocenters. The third-order valence-corrected chi connectivity index (χ3v) is 9.20. The fourth-order valence-electron chi connectivity index (χ4n) is 7.96. The lowest BCUT2D eigenvalue weighted by Crippen LogP contribution is -2.54. The number of carbonyl (C=O) groups is 1. The molecule has 0 radical (unpaired) electrons. The minimum Gasteiger partial charge on any atom is -0.328 e. The van der Waals surface area contributed by atoms with E-state index in [0.29, 0.717) is 28.6 Å². The Morgan fingerprint density at radius 1 is 0.913 bits per heavy atom. The molecule has 0 saturated heterocycles. The zero-order valence-corrected chi connectivity index (χ0v) is 15.3. The topological polar surface area (TPSA) is 43.1 Å². The summed E-state index contributed by atoms with van der Waals surface area (Å²) in [5, 5.41) is 0. The highest BCUT2D eigenvalue weighted by molar-refractivity contribution is 5.79. The van der Waals surface area contributed by atoms with Crippen LogP contribution in [0.25, 0.3) is 0 Å². The maximum Gasteiger partial charge on any atom is 0.133 e. The number of ketones is 1. The monoisotopic (exact) mass is 317 g/mol. The molecule has 4 fully saturated rings. The molecule has 4 aliphatic carbocycles. The first-order valence-corrected chi connectivity index (χ1v) is 10.1. The third-order valence-electron chi connectivity index (χ3n) is 9.20. The lowest BCUT2D eigenvalue weighted by Gasteiger charge is -2.61. The van der Waals surface area contributed by atoms with Gasteiger partial charge in [-0.1, -0.05) is 13.8 Å². The molecular formula is C21H35NO. The first-order valence-electron chi connectivity index (χ1n) is 10.1. The lowest BCUT2D eigenvalue weighted by atomic mass is 9.44. The van der Waals surface area contributed by atoms with E-state index in [4.69, 9.17) is 5.73 Å². The van der Waals surface area contributed by atoms with E-state index < -0.39 is 0 Å². The number of fused-ring (bicyclic) bond motifs is 5. The molecule has 4 saturated carbocycles. The first-order chi connectivity index (χ1) is 10.9. The standard InChI is InChI=1S/C21H35NO/c1-13(23)17-6-7-18-16-5-4-14-12-15(22)8-10-20(14,2)19(16)9-11-21(17,18)3/h14-19H,4-12,22H2,1-3H3/t14-,15+,16-,17-,18+,19-,20-,21+/m0/s1. The van der Waals surface area contributed by atoms with Gasteiger partial charge >= 0.3 is 0 Å². The SMILES string of the molecule is CC(=O)[C@@H]1CC[C@@H]2[C@@H]3CC[C@H]4C[C@H](N)CC[C@]4(C)[C@H]3CC[C@@]21C. The smallest absolute Gasteiger partial charge is 0.133 e. The summed E-state index contributed by atoms with van der Waals surface area (Å²) in [7, 11) is 0. The van der Waals surface area contributed by atoms with E-state index in [-0.39, 0.29) is 0 Å². The van der Waals surface area contributed by atoms with E-state index in [1.54, 1.807) is 0 Å². The fourth-order valence-corrected chi connectivity index (χ4v) is 7.96. The molecule has 4 rings (SSSR count). The van der Waals surface area contributed by atoms with Crippen LogP contribution < -0.4 is 5.73 Å². The molecule has 2 nitrogen and oxygen atoms in total. The van der Waals surface area contributed by atoms with Crippen LogP contribution in [0.5, 0.6) is 0 Å². The minimum absolute atomic E-state index is 0.307. The maximum absolute atomic E-state index is 12.2. The van der Waals surface area contributed by atoms with Crippen LogP contribution >= 0.6 is 0 Å². The maximum atomic E-state index is 12.2. The van der Waals surface area contributed by atoms with Crippen molar-refractivity contribution in [3.05, 3.63) is 0 Å². The average Bonchev–Trinajstić information content (AvgIpc) is 2.85. The van der Waals surface area contributed by atoms with Crippen LogP contribution in [0.1, 0.15) is 78.6 Å². The lowest BCUT2D eigenvalue weighted by molar-refractivity contribution is -0.134. The summed E-state index contributed by atoms with van der Waals surface area (Å²) in [4.78, 5) is 12.2. The van der Waals surface area contributed by atoms with Crippen LogP contribution in [-0.4, -0.2) is 11.8 Å². The van der Waals surface area contributed by atoms with Crippen molar-refractivity contribution in [1.29, 1.82) is 0 Å². The molecular weight excluding hydrogens is 282 g/mol. The van der Waals surface area contributed by atoms with Gasteiger partial charge < -0.3 is 5.73 Å². The summed E-state index contributed by atoms with van der Waals surface area (Å²) in [5.41, 5.74) is 7.13. The normalized spacial score (nSPS) is 55.7. The van der Waals surface area contributed by atoms with Crippen LogP contribution in [0.2, 0.25) is 0 Å². The van der Waals surface area contributed by atoms with Gasteiger partial charge in [-0.3, -0.25) is 4.79 Å². The fraction of sp³-hybridized carbons (Fsp3) is 0.952. The summed E-state index contributed by atoms with van der Waals surface area (Å²) < 4.78 is 0. The van der Waals surface area contributed by atoms with E-state index in [2.05, 4.69) is 13.8 Å². The van der Waals surface area contributed by atoms with E-state index in [1.165, 1.54) is 51.4 Å². The molecule has 0 aromatic carbocycles. The van der Waals surface area contributed by atoms with Gasteiger partial charge in [0.2, 0.25) is 0 Å². The summed E-state index contributed by atoms with van der Waals surface area (Å²) in [5.74, 6) is 4.26. The molecule has 0 heterocycles. The van der Waals surface area contributed by atoms with Crippen molar-refractivity contribution >= 4 is 5.78 Å². The largest absolute Gasteiger partial charge is 0.328 e. The Balaban J connectivity index is 1.61. The molecule has 4 aliphatic rings. The Labute approximate surface area is 142 Å². The Morgan fingerprint density at radius 2 is 1.61 bits per heavy atom. The molecule has 0 aromatic heterocycles. The second-order valence-corrected chi connectivity index (χ2v) is 9.98. The van der Waals surface area contributed by atoms with Crippen molar-refractivity contribution < 1.29 is 4.79 Å². The molecule has 0 aliphatic heterocycles. The summed E-state index contributed by atoms with van der Waals surface area (Å²) >= 11 is 0. The van der Waals surface area contributed by atoms with Crippen molar-refractivity contribution in [2.24, 2.45) is 46.2 Å². The van der Waals surface area contributed by atoms with Gasteiger partial charge in [0.1, 0.15) is 5.78 Å². The Morgan fingerprint density at radius 3 is 2.35 bits per heavy atom. The van der Waals surface area contributed by atoms with Crippen LogP contribution in [0.4, 0.5) is 0 Å². The van der Waals surface area contributed by atoms with Crippen molar-refractivity contribution in [2.45, 2.75) is 84.6 Å². The average molecular weight is 318 g/mol. The van der Waals surface area contributed by atoms with Crippen LogP contribution in [0.3, 0.4) is 0 Å². The van der Waals surface area contributed by atoms with Gasteiger partial charge in [0, 0.05) is 12.0 Å². The minimum atomic E-state index is 0.307. The second kappa shape index (κ2) is 5.31. The third kappa shape index (κ3) is 2.19. The number of hydrogen-bond acceptors (Lipinski definition) is 2. The number of Topliss-reactive ketones (excluding diaryl/α,β-unsaturated/α-hetero) is 1. The van der Waals surface area contributed by atoms with Crippen molar-refractivity contribution in [1.82, 2.24) is 0 Å². The van der Waals surface area contributed by atoms with E-state index in [9.17, 15) is 4.79 Å². The Kier molecular flexibility index (Phi) is 3.72. The highest BCUT2D eigenvalue weighted by Crippen LogP contribution is 2.67. The number of carbonyl (C=O) groups excluding carboxylic acids is 1. The zero-order chi connectivity index (χ0) is 16.4. The van der Waals surface area contributed by atoms with Gasteiger partial charge in [0.25, 0.3) is 0 Å². The number of hydrogen-bond donors (Lipinski definition) is 1. The first kappa shape index (κ1) is 16.1. The van der Waals surface area contributed by atoms with E-state index >= 15 is 0 Å². The zero-order valence-electron chi connectivity index (χ0n) is 15.3. The second-order valence-electron chi connectivity index (χ2n) is 9.98. The molecule has 0 unspecified atom stereocenters. The molecule has 0 bridgehead atoms. The van der Waals surface area contributed by atoms with Gasteiger partial charge in [-0.05, 0) is 99.2 Å². The van der Waals surface area contributed by atoms with Crippen LogP contribution in [-0.2, 0) is 4.79 Å². The molecule has 130 valence electrons. The van der Waals surface area contributed by atoms with E-state index in [0.717, 1.165) is 30.1 Å². The molecule has 2 heteroatoms. The van der Waals surface area contributed by atoms with Crippen molar-refractivity contribution in [3.8, 4) is 0 Å². The van der Waals surface area contributed by atoms with Crippen LogP contribution in [0.15, 0.2) is 0 Å². The summed E-state index contributed by atoms with van der Waals surface area (Å²) in [6.07, 6.45) is 11.8.